The normalized spacial score (nSPS) is 28.7. The first-order valence-electron chi connectivity index (χ1n) is 8.92. The van der Waals surface area contributed by atoms with Crippen LogP contribution in [0, 0.1) is 5.41 Å². The zero-order valence-corrected chi connectivity index (χ0v) is 17.0. The van der Waals surface area contributed by atoms with Crippen LogP contribution < -0.4 is 16.8 Å². The van der Waals surface area contributed by atoms with Crippen molar-refractivity contribution in [3.05, 3.63) is 0 Å². The number of ether oxygens (including phenoxy) is 2. The summed E-state index contributed by atoms with van der Waals surface area (Å²) in [5.74, 6) is -3.61. The zero-order chi connectivity index (χ0) is 22.7. The largest absolute Gasteiger partial charge is 0.481 e. The third kappa shape index (κ3) is 4.44. The standard InChI is InChI=1S/C16H24N4O9S/c1-28-16(19-9(21)4-2-3-8(17)10(22)23)11(24)20-5-15(13(25)26,6-29-14(18)27)7-30-12(16)20/h8,12H,2-7,17H2,1H3,(H2,18,27)(H,19,21)(H,22,23)(H,25,26)/t8?,12-,15?,16?/m1/s1. The molecule has 30 heavy (non-hydrogen) atoms. The van der Waals surface area contributed by atoms with Gasteiger partial charge < -0.3 is 41.4 Å². The maximum absolute atomic E-state index is 12.8. The fourth-order valence-electron chi connectivity index (χ4n) is 3.27. The Morgan fingerprint density at radius 3 is 2.57 bits per heavy atom. The van der Waals surface area contributed by atoms with Crippen molar-refractivity contribution in [3.8, 4) is 0 Å². The summed E-state index contributed by atoms with van der Waals surface area (Å²) in [5.41, 5.74) is 7.11. The highest BCUT2D eigenvalue weighted by molar-refractivity contribution is 8.00. The maximum Gasteiger partial charge on any atom is 0.404 e. The minimum atomic E-state index is -1.66. The number of nitrogens with two attached hydrogens (primary N) is 2. The number of nitrogens with zero attached hydrogens (tertiary/aromatic N) is 1. The van der Waals surface area contributed by atoms with E-state index in [4.69, 9.17) is 21.3 Å². The molecule has 14 heteroatoms. The van der Waals surface area contributed by atoms with Gasteiger partial charge >= 0.3 is 18.0 Å². The number of primary amides is 1. The van der Waals surface area contributed by atoms with Gasteiger partial charge in [-0.1, -0.05) is 0 Å². The minimum Gasteiger partial charge on any atom is -0.481 e. The molecule has 0 bridgehead atoms. The second-order valence-corrected chi connectivity index (χ2v) is 8.18. The number of carbonyl (C=O) groups is 5. The number of carboxylic acids is 2. The summed E-state index contributed by atoms with van der Waals surface area (Å²) in [6.45, 7) is -0.752. The molecule has 2 saturated heterocycles. The molecule has 0 saturated carbocycles. The number of amides is 3. The van der Waals surface area contributed by atoms with E-state index in [2.05, 4.69) is 10.1 Å². The molecular weight excluding hydrogens is 424 g/mol. The number of methoxy groups -OCH3 is 1. The lowest BCUT2D eigenvalue weighted by molar-refractivity contribution is -0.201. The Morgan fingerprint density at radius 2 is 2.03 bits per heavy atom. The van der Waals surface area contributed by atoms with Crippen molar-refractivity contribution in [2.45, 2.75) is 36.4 Å². The SMILES string of the molecule is COC1(NC(=O)CCCC(N)C(=O)O)C(=O)N2CC(COC(N)=O)(C(=O)O)CS[C@@H]21. The average Bonchev–Trinajstić information content (AvgIpc) is 2.69. The first-order chi connectivity index (χ1) is 14.0. The lowest BCUT2D eigenvalue weighted by atomic mass is 9.87. The van der Waals surface area contributed by atoms with Gasteiger partial charge in [0.05, 0.1) is 0 Å². The summed E-state index contributed by atoms with van der Waals surface area (Å²) in [5, 5.41) is 20.2. The molecular formula is C16H24N4O9S. The molecule has 0 aromatic heterocycles. The molecule has 168 valence electrons. The molecule has 0 aromatic rings. The van der Waals surface area contributed by atoms with Crippen LogP contribution in [0.2, 0.25) is 0 Å². The summed E-state index contributed by atoms with van der Waals surface area (Å²) < 4.78 is 9.97. The van der Waals surface area contributed by atoms with Crippen LogP contribution in [0.1, 0.15) is 19.3 Å². The van der Waals surface area contributed by atoms with Gasteiger partial charge in [0.25, 0.3) is 11.6 Å². The molecule has 3 unspecified atom stereocenters. The topological polar surface area (TPSA) is 212 Å². The van der Waals surface area contributed by atoms with E-state index in [1.54, 1.807) is 0 Å². The van der Waals surface area contributed by atoms with Crippen LogP contribution in [0.25, 0.3) is 0 Å². The van der Waals surface area contributed by atoms with E-state index >= 15 is 0 Å². The summed E-state index contributed by atoms with van der Waals surface area (Å²) in [7, 11) is 1.24. The molecule has 0 aliphatic carbocycles. The van der Waals surface area contributed by atoms with Gasteiger partial charge in [-0.15, -0.1) is 11.8 Å². The Labute approximate surface area is 175 Å². The molecule has 0 radical (unpaired) electrons. The first kappa shape index (κ1) is 23.7. The molecule has 3 amide bonds. The number of aliphatic carboxylic acids is 2. The van der Waals surface area contributed by atoms with Gasteiger partial charge in [0, 0.05) is 25.8 Å². The van der Waals surface area contributed by atoms with Gasteiger partial charge in [-0.05, 0) is 12.8 Å². The number of nitrogens with one attached hydrogen (secondary N) is 1. The number of carboxylic acid groups (broad SMARTS) is 2. The van der Waals surface area contributed by atoms with E-state index < -0.39 is 59.0 Å². The Bertz CT molecular complexity index is 750. The predicted molar refractivity (Wildman–Crippen MR) is 101 cm³/mol. The number of fused-ring (bicyclic) bond motifs is 1. The summed E-state index contributed by atoms with van der Waals surface area (Å²) in [6.07, 6.45) is -0.912. The molecule has 0 aromatic carbocycles. The van der Waals surface area contributed by atoms with E-state index in [0.29, 0.717) is 0 Å². The lowest BCUT2D eigenvalue weighted by Gasteiger charge is -2.58. The van der Waals surface area contributed by atoms with Crippen LogP contribution in [0.3, 0.4) is 0 Å². The van der Waals surface area contributed by atoms with Crippen molar-refractivity contribution < 1.29 is 43.7 Å². The van der Waals surface area contributed by atoms with Crippen molar-refractivity contribution in [1.82, 2.24) is 10.2 Å². The highest BCUT2D eigenvalue weighted by Crippen LogP contribution is 2.47. The van der Waals surface area contributed by atoms with Crippen molar-refractivity contribution >= 4 is 41.6 Å². The van der Waals surface area contributed by atoms with E-state index in [-0.39, 0.29) is 31.6 Å². The number of hydrogen-bond acceptors (Lipinski definition) is 9. The minimum absolute atomic E-state index is 0.0154. The second kappa shape index (κ2) is 9.06. The number of rotatable bonds is 10. The molecule has 7 N–H and O–H groups in total. The molecule has 4 atom stereocenters. The second-order valence-electron chi connectivity index (χ2n) is 7.11. The zero-order valence-electron chi connectivity index (χ0n) is 16.2. The third-order valence-electron chi connectivity index (χ3n) is 5.03. The third-order valence-corrected chi connectivity index (χ3v) is 6.65. The molecule has 2 aliphatic heterocycles. The summed E-state index contributed by atoms with van der Waals surface area (Å²) in [6, 6.07) is -1.09. The highest BCUT2D eigenvalue weighted by atomic mass is 32.2. The van der Waals surface area contributed by atoms with Gasteiger partial charge in [0.1, 0.15) is 23.4 Å². The van der Waals surface area contributed by atoms with E-state index in [0.717, 1.165) is 11.8 Å². The summed E-state index contributed by atoms with van der Waals surface area (Å²) >= 11 is 1.06. The quantitative estimate of drug-likeness (QED) is 0.184. The van der Waals surface area contributed by atoms with Crippen molar-refractivity contribution in [2.24, 2.45) is 16.9 Å². The predicted octanol–water partition coefficient (Wildman–Crippen LogP) is -1.89. The van der Waals surface area contributed by atoms with Crippen LogP contribution >= 0.6 is 11.8 Å². The fourth-order valence-corrected chi connectivity index (χ4v) is 4.88. The molecule has 0 spiro atoms. The lowest BCUT2D eigenvalue weighted by Crippen LogP contribution is -2.82. The molecule has 2 fully saturated rings. The van der Waals surface area contributed by atoms with Crippen molar-refractivity contribution in [1.29, 1.82) is 0 Å². The fraction of sp³-hybridized carbons (Fsp3) is 0.688. The highest BCUT2D eigenvalue weighted by Gasteiger charge is 2.67. The van der Waals surface area contributed by atoms with Gasteiger partial charge in [-0.2, -0.15) is 0 Å². The number of β-lactam (4-membered cyclic amide) rings is 1. The number of hydrogen-bond donors (Lipinski definition) is 5. The van der Waals surface area contributed by atoms with Gasteiger partial charge in [-0.25, -0.2) is 4.79 Å². The number of carbonyl (C=O) groups excluding carboxylic acids is 3. The Hall–Kier alpha value is -2.58. The monoisotopic (exact) mass is 448 g/mol. The Balaban J connectivity index is 2.02. The van der Waals surface area contributed by atoms with Crippen LogP contribution in [-0.2, 0) is 28.7 Å². The van der Waals surface area contributed by atoms with Crippen LogP contribution in [0.4, 0.5) is 4.79 Å². The molecule has 2 rings (SSSR count). The molecule has 2 aliphatic rings. The summed E-state index contributed by atoms with van der Waals surface area (Å²) in [4.78, 5) is 59.6. The first-order valence-corrected chi connectivity index (χ1v) is 9.97. The van der Waals surface area contributed by atoms with Crippen molar-refractivity contribution in [3.63, 3.8) is 0 Å². The van der Waals surface area contributed by atoms with Crippen LogP contribution in [0.15, 0.2) is 0 Å². The molecule has 13 nitrogen and oxygen atoms in total. The van der Waals surface area contributed by atoms with E-state index in [1.807, 2.05) is 0 Å². The molecule has 2 heterocycles. The van der Waals surface area contributed by atoms with Crippen LogP contribution in [0.5, 0.6) is 0 Å². The average molecular weight is 448 g/mol. The van der Waals surface area contributed by atoms with Gasteiger partial charge in [0.15, 0.2) is 0 Å². The van der Waals surface area contributed by atoms with Crippen molar-refractivity contribution in [2.75, 3.05) is 26.0 Å². The van der Waals surface area contributed by atoms with Gasteiger partial charge in [-0.3, -0.25) is 19.2 Å². The Kier molecular flexibility index (Phi) is 7.15. The maximum atomic E-state index is 12.8. The van der Waals surface area contributed by atoms with E-state index in [1.165, 1.54) is 12.0 Å². The van der Waals surface area contributed by atoms with E-state index in [9.17, 15) is 29.1 Å². The Morgan fingerprint density at radius 1 is 1.37 bits per heavy atom. The van der Waals surface area contributed by atoms with Gasteiger partial charge in [0.2, 0.25) is 5.91 Å². The number of thioether (sulfide) groups is 1. The smallest absolute Gasteiger partial charge is 0.404 e. The van der Waals surface area contributed by atoms with Crippen LogP contribution in [-0.4, -0.2) is 88.1 Å².